The summed E-state index contributed by atoms with van der Waals surface area (Å²) >= 11 is 2.15. The topological polar surface area (TPSA) is 26.3 Å². The molecular weight excluding hydrogens is 291 g/mol. The summed E-state index contributed by atoms with van der Waals surface area (Å²) in [6.07, 6.45) is 7.37. The van der Waals surface area contributed by atoms with E-state index in [1.165, 1.54) is 19.3 Å². The highest BCUT2D eigenvalue weighted by Crippen LogP contribution is 2.10. The smallest absolute Gasteiger partial charge is 0.306 e. The molecule has 1 unspecified atom stereocenters. The molecule has 0 spiro atoms. The van der Waals surface area contributed by atoms with E-state index in [2.05, 4.69) is 29.5 Å². The fourth-order valence-electron chi connectivity index (χ4n) is 1.16. The summed E-state index contributed by atoms with van der Waals surface area (Å²) in [7, 11) is 0. The summed E-state index contributed by atoms with van der Waals surface area (Å²) in [5.74, 6) is -0.0391. The van der Waals surface area contributed by atoms with E-state index >= 15 is 0 Å². The molecule has 0 aliphatic heterocycles. The molecule has 0 aliphatic rings. The summed E-state index contributed by atoms with van der Waals surface area (Å²) in [4.78, 5) is 11.2. The van der Waals surface area contributed by atoms with Gasteiger partial charge in [0.25, 0.3) is 0 Å². The maximum atomic E-state index is 11.2. The first-order valence-corrected chi connectivity index (χ1v) is 6.78. The Labute approximate surface area is 101 Å². The average molecular weight is 312 g/mol. The van der Waals surface area contributed by atoms with Gasteiger partial charge in [0.05, 0.1) is 0 Å². The number of rotatable bonds is 8. The van der Waals surface area contributed by atoms with Gasteiger partial charge in [-0.25, -0.2) is 0 Å². The van der Waals surface area contributed by atoms with Crippen LogP contribution in [0.4, 0.5) is 0 Å². The van der Waals surface area contributed by atoms with E-state index < -0.39 is 0 Å². The molecule has 0 aromatic rings. The highest BCUT2D eigenvalue weighted by molar-refractivity contribution is 14.1. The number of unbranched alkanes of at least 4 members (excludes halogenated alkanes) is 4. The zero-order valence-electron chi connectivity index (χ0n) is 9.22. The Kier molecular flexibility index (Phi) is 9.88. The van der Waals surface area contributed by atoms with Crippen molar-refractivity contribution in [1.29, 1.82) is 0 Å². The van der Waals surface area contributed by atoms with Crippen molar-refractivity contribution in [3.8, 4) is 0 Å². The Morgan fingerprint density at radius 1 is 1.21 bits per heavy atom. The van der Waals surface area contributed by atoms with E-state index in [1.54, 1.807) is 0 Å². The first-order chi connectivity index (χ1) is 6.70. The molecule has 0 saturated heterocycles. The summed E-state index contributed by atoms with van der Waals surface area (Å²) in [5, 5.41) is 0. The van der Waals surface area contributed by atoms with Crippen LogP contribution in [-0.4, -0.2) is 10.1 Å². The average Bonchev–Trinajstić information content (AvgIpc) is 2.17. The van der Waals surface area contributed by atoms with Gasteiger partial charge in [-0.3, -0.25) is 4.79 Å². The van der Waals surface area contributed by atoms with Crippen LogP contribution in [-0.2, 0) is 9.53 Å². The molecule has 0 aromatic heterocycles. The second-order valence-corrected chi connectivity index (χ2v) is 4.86. The molecule has 0 aromatic carbocycles. The van der Waals surface area contributed by atoms with Gasteiger partial charge in [0.1, 0.15) is 0 Å². The van der Waals surface area contributed by atoms with Crippen LogP contribution in [0.2, 0.25) is 0 Å². The summed E-state index contributed by atoms with van der Waals surface area (Å²) in [5.41, 5.74) is 0. The van der Waals surface area contributed by atoms with Gasteiger partial charge >= 0.3 is 5.97 Å². The van der Waals surface area contributed by atoms with E-state index in [0.29, 0.717) is 6.42 Å². The zero-order valence-corrected chi connectivity index (χ0v) is 11.4. The fourth-order valence-corrected chi connectivity index (χ4v) is 1.44. The molecule has 3 heteroatoms. The van der Waals surface area contributed by atoms with Crippen molar-refractivity contribution < 1.29 is 9.53 Å². The van der Waals surface area contributed by atoms with Crippen molar-refractivity contribution >= 4 is 28.6 Å². The van der Waals surface area contributed by atoms with Crippen LogP contribution >= 0.6 is 22.6 Å². The number of carbonyl (C=O) groups excluding carboxylic acids is 1. The highest BCUT2D eigenvalue weighted by Gasteiger charge is 2.07. The lowest BCUT2D eigenvalue weighted by molar-refractivity contribution is -0.144. The van der Waals surface area contributed by atoms with Gasteiger partial charge in [-0.15, -0.1) is 0 Å². The van der Waals surface area contributed by atoms with Crippen molar-refractivity contribution in [2.75, 3.05) is 0 Å². The maximum Gasteiger partial charge on any atom is 0.306 e. The predicted octanol–water partition coefficient (Wildman–Crippen LogP) is 4.06. The van der Waals surface area contributed by atoms with Crippen molar-refractivity contribution in [3.63, 3.8) is 0 Å². The number of hydrogen-bond donors (Lipinski definition) is 0. The van der Waals surface area contributed by atoms with E-state index in [0.717, 1.165) is 19.3 Å². The number of ether oxygens (including phenoxy) is 1. The third-order valence-electron chi connectivity index (χ3n) is 2.06. The molecular formula is C11H21IO2. The number of alkyl halides is 1. The second kappa shape index (κ2) is 9.74. The monoisotopic (exact) mass is 312 g/mol. The number of halogens is 1. The first-order valence-electron chi connectivity index (χ1n) is 5.54. The van der Waals surface area contributed by atoms with Gasteiger partial charge in [0.15, 0.2) is 4.11 Å². The molecule has 0 amide bonds. The molecule has 0 rings (SSSR count). The molecule has 2 nitrogen and oxygen atoms in total. The van der Waals surface area contributed by atoms with Crippen LogP contribution in [0, 0.1) is 0 Å². The van der Waals surface area contributed by atoms with Crippen LogP contribution in [0.25, 0.3) is 0 Å². The van der Waals surface area contributed by atoms with Crippen LogP contribution < -0.4 is 0 Å². The van der Waals surface area contributed by atoms with Gasteiger partial charge in [0.2, 0.25) is 0 Å². The van der Waals surface area contributed by atoms with E-state index in [9.17, 15) is 4.79 Å². The molecule has 84 valence electrons. The van der Waals surface area contributed by atoms with Crippen molar-refractivity contribution in [3.05, 3.63) is 0 Å². The van der Waals surface area contributed by atoms with Gasteiger partial charge < -0.3 is 4.74 Å². The summed E-state index contributed by atoms with van der Waals surface area (Å²) < 4.78 is 5.21. The van der Waals surface area contributed by atoms with Gasteiger partial charge in [-0.1, -0.05) is 39.5 Å². The van der Waals surface area contributed by atoms with Crippen molar-refractivity contribution in [1.82, 2.24) is 0 Å². The zero-order chi connectivity index (χ0) is 10.8. The SMILES string of the molecule is CCCCCCCC(=O)OC(I)CC. The second-order valence-electron chi connectivity index (χ2n) is 3.47. The van der Waals surface area contributed by atoms with Crippen molar-refractivity contribution in [2.45, 2.75) is 62.9 Å². The third-order valence-corrected chi connectivity index (χ3v) is 3.20. The van der Waals surface area contributed by atoms with Crippen LogP contribution in [0.3, 0.4) is 0 Å². The van der Waals surface area contributed by atoms with Gasteiger partial charge in [-0.05, 0) is 35.4 Å². The molecule has 0 saturated carbocycles. The van der Waals surface area contributed by atoms with Crippen LogP contribution in [0.1, 0.15) is 58.8 Å². The molecule has 0 aliphatic carbocycles. The van der Waals surface area contributed by atoms with Crippen molar-refractivity contribution in [2.24, 2.45) is 0 Å². The summed E-state index contributed by atoms with van der Waals surface area (Å²) in [6, 6.07) is 0. The lowest BCUT2D eigenvalue weighted by Crippen LogP contribution is -2.10. The third kappa shape index (κ3) is 8.78. The highest BCUT2D eigenvalue weighted by atomic mass is 127. The van der Waals surface area contributed by atoms with Gasteiger partial charge in [-0.2, -0.15) is 0 Å². The number of carbonyl (C=O) groups is 1. The summed E-state index contributed by atoms with van der Waals surface area (Å²) in [6.45, 7) is 4.21. The maximum absolute atomic E-state index is 11.2. The molecule has 1 atom stereocenters. The molecule has 0 bridgehead atoms. The lowest BCUT2D eigenvalue weighted by Gasteiger charge is -2.08. The molecule has 14 heavy (non-hydrogen) atoms. The van der Waals surface area contributed by atoms with E-state index in [4.69, 9.17) is 4.74 Å². The Balaban J connectivity index is 3.27. The van der Waals surface area contributed by atoms with Crippen LogP contribution in [0.5, 0.6) is 0 Å². The minimum Gasteiger partial charge on any atom is -0.452 e. The Hall–Kier alpha value is 0.200. The quantitative estimate of drug-likeness (QED) is 0.292. The van der Waals surface area contributed by atoms with E-state index in [-0.39, 0.29) is 10.1 Å². The molecule has 0 fully saturated rings. The molecule has 0 radical (unpaired) electrons. The molecule has 0 N–H and O–H groups in total. The van der Waals surface area contributed by atoms with E-state index in [1.807, 2.05) is 6.92 Å². The Bertz CT molecular complexity index is 148. The largest absolute Gasteiger partial charge is 0.452 e. The lowest BCUT2D eigenvalue weighted by atomic mass is 10.1. The number of hydrogen-bond acceptors (Lipinski definition) is 2. The fraction of sp³-hybridized carbons (Fsp3) is 0.909. The van der Waals surface area contributed by atoms with Gasteiger partial charge in [0, 0.05) is 6.42 Å². The minimum atomic E-state index is -0.0391. The standard InChI is InChI=1S/C11H21IO2/c1-3-5-6-7-8-9-11(13)14-10(12)4-2/h10H,3-9H2,1-2H3. The predicted molar refractivity (Wildman–Crippen MR) is 67.6 cm³/mol. The minimum absolute atomic E-state index is 0.0391. The molecule has 0 heterocycles. The first kappa shape index (κ1) is 14.2. The number of esters is 1. The normalized spacial score (nSPS) is 12.5. The Morgan fingerprint density at radius 2 is 1.86 bits per heavy atom. The Morgan fingerprint density at radius 3 is 2.43 bits per heavy atom. The van der Waals surface area contributed by atoms with Crippen LogP contribution in [0.15, 0.2) is 0 Å².